The molecule has 0 amide bonds. The van der Waals surface area contributed by atoms with E-state index in [1.165, 1.54) is 12.8 Å². The number of carbonyl (C=O) groups excluding carboxylic acids is 1. The number of morpholine rings is 1. The quantitative estimate of drug-likeness (QED) is 0.373. The van der Waals surface area contributed by atoms with E-state index in [1.807, 2.05) is 18.2 Å². The first-order valence-corrected chi connectivity index (χ1v) is 13.1. The van der Waals surface area contributed by atoms with Crippen LogP contribution in [0.5, 0.6) is 0 Å². The number of nitrogens with one attached hydrogen (secondary N) is 1. The number of hydrogen-bond acceptors (Lipinski definition) is 6. The molecule has 4 heterocycles. The van der Waals surface area contributed by atoms with Gasteiger partial charge in [0, 0.05) is 48.6 Å². The van der Waals surface area contributed by atoms with E-state index in [-0.39, 0.29) is 24.5 Å². The van der Waals surface area contributed by atoms with E-state index in [4.69, 9.17) is 21.7 Å². The number of carbonyl (C=O) groups is 1. The minimum atomic E-state index is -0.256. The minimum Gasteiger partial charge on any atom is -0.469 e. The molecule has 2 aliphatic heterocycles. The molecule has 2 aliphatic rings. The lowest BCUT2D eigenvalue weighted by molar-refractivity contribution is -0.140. The number of thiocarbonyl (C=S) groups is 1. The highest BCUT2D eigenvalue weighted by Gasteiger charge is 2.41. The first kappa shape index (κ1) is 25.2. The van der Waals surface area contributed by atoms with Gasteiger partial charge in [0.2, 0.25) is 0 Å². The summed E-state index contributed by atoms with van der Waals surface area (Å²) >= 11 is 5.75. The molecule has 0 bridgehead atoms. The van der Waals surface area contributed by atoms with Gasteiger partial charge >= 0.3 is 5.97 Å². The first-order valence-electron chi connectivity index (χ1n) is 12.6. The summed E-state index contributed by atoms with van der Waals surface area (Å²) in [6.07, 6.45) is 2.05. The summed E-state index contributed by atoms with van der Waals surface area (Å²) in [5.74, 6) is -0.256. The second-order valence-corrected chi connectivity index (χ2v) is 9.81. The van der Waals surface area contributed by atoms with Gasteiger partial charge in [0.25, 0.3) is 0 Å². The third-order valence-electron chi connectivity index (χ3n) is 7.26. The average Bonchev–Trinajstić information content (AvgIpc) is 3.42. The summed E-state index contributed by atoms with van der Waals surface area (Å²) in [4.78, 5) is 21.1. The number of rotatable bonds is 7. The molecule has 2 aromatic heterocycles. The van der Waals surface area contributed by atoms with Gasteiger partial charge in [0.1, 0.15) is 0 Å². The molecular formula is C28H33N5O3S. The molecule has 0 spiro atoms. The first-order chi connectivity index (χ1) is 18.0. The van der Waals surface area contributed by atoms with Crippen LogP contribution in [0.4, 0.5) is 5.69 Å². The van der Waals surface area contributed by atoms with Gasteiger partial charge in [-0.2, -0.15) is 0 Å². The maximum Gasteiger partial charge on any atom is 0.307 e. The van der Waals surface area contributed by atoms with Crippen LogP contribution in [0.15, 0.2) is 54.7 Å². The Kier molecular flexibility index (Phi) is 7.43. The van der Waals surface area contributed by atoms with Crippen LogP contribution in [0.2, 0.25) is 0 Å². The molecule has 9 heteroatoms. The largest absolute Gasteiger partial charge is 0.469 e. The molecule has 0 saturated carbocycles. The lowest BCUT2D eigenvalue weighted by Crippen LogP contribution is -2.36. The fourth-order valence-electron chi connectivity index (χ4n) is 5.42. The number of pyridine rings is 1. The summed E-state index contributed by atoms with van der Waals surface area (Å²) in [6.45, 7) is 8.09. The fraction of sp³-hybridized carbons (Fsp3) is 0.393. The highest BCUT2D eigenvalue weighted by atomic mass is 32.1. The van der Waals surface area contributed by atoms with E-state index in [2.05, 4.69) is 68.8 Å². The number of hydrogen-bond donors (Lipinski definition) is 1. The van der Waals surface area contributed by atoms with Crippen molar-refractivity contribution in [2.75, 3.05) is 44.9 Å². The standard InChI is InChI=1S/C28H33N5O3S/c1-19-18-23(20(2)33(19)22-9-7-21(8-10-22)31-14-16-36-17-15-31)27-26(24-6-4-5-12-29-24)30-28(37)32(27)13-11-25(34)35-3/h4-10,12,18,26-27H,11,13-17H2,1-3H3,(H,30,37)/t26-,27+/m1/s1. The Bertz CT molecular complexity index is 1250. The van der Waals surface area contributed by atoms with Crippen molar-refractivity contribution < 1.29 is 14.3 Å². The molecule has 194 valence electrons. The monoisotopic (exact) mass is 519 g/mol. The van der Waals surface area contributed by atoms with E-state index >= 15 is 0 Å². The number of benzene rings is 1. The van der Waals surface area contributed by atoms with E-state index in [9.17, 15) is 4.79 Å². The zero-order valence-corrected chi connectivity index (χ0v) is 22.3. The number of methoxy groups -OCH3 is 1. The number of aryl methyl sites for hydroxylation is 1. The van der Waals surface area contributed by atoms with Crippen LogP contribution in [-0.2, 0) is 14.3 Å². The SMILES string of the molecule is COC(=O)CCN1C(=S)N[C@H](c2ccccn2)[C@@H]1c1cc(C)n(-c2ccc(N3CCOCC3)cc2)c1C. The lowest BCUT2D eigenvalue weighted by Gasteiger charge is -2.29. The predicted octanol–water partition coefficient (Wildman–Crippen LogP) is 3.86. The van der Waals surface area contributed by atoms with Crippen LogP contribution >= 0.6 is 12.2 Å². The Labute approximate surface area is 223 Å². The van der Waals surface area contributed by atoms with Gasteiger partial charge in [-0.05, 0) is 74.1 Å². The Morgan fingerprint density at radius 2 is 1.86 bits per heavy atom. The second kappa shape index (κ2) is 10.9. The van der Waals surface area contributed by atoms with Crippen molar-refractivity contribution in [3.8, 4) is 5.69 Å². The minimum absolute atomic E-state index is 0.111. The third-order valence-corrected chi connectivity index (χ3v) is 7.61. The van der Waals surface area contributed by atoms with Gasteiger partial charge in [-0.15, -0.1) is 0 Å². The van der Waals surface area contributed by atoms with Crippen molar-refractivity contribution in [3.05, 3.63) is 77.4 Å². The molecule has 0 unspecified atom stereocenters. The fourth-order valence-corrected chi connectivity index (χ4v) is 5.75. The van der Waals surface area contributed by atoms with E-state index in [0.717, 1.165) is 54.6 Å². The second-order valence-electron chi connectivity index (χ2n) is 9.42. The molecule has 1 aromatic carbocycles. The Morgan fingerprint density at radius 1 is 1.14 bits per heavy atom. The molecule has 2 saturated heterocycles. The van der Waals surface area contributed by atoms with Gasteiger partial charge in [-0.3, -0.25) is 9.78 Å². The van der Waals surface area contributed by atoms with E-state index in [1.54, 1.807) is 6.20 Å². The van der Waals surface area contributed by atoms with Crippen molar-refractivity contribution in [1.29, 1.82) is 0 Å². The van der Waals surface area contributed by atoms with Gasteiger partial charge in [0.15, 0.2) is 5.11 Å². The highest BCUT2D eigenvalue weighted by molar-refractivity contribution is 7.80. The van der Waals surface area contributed by atoms with Crippen molar-refractivity contribution in [3.63, 3.8) is 0 Å². The topological polar surface area (TPSA) is 71.9 Å². The molecule has 3 aromatic rings. The van der Waals surface area contributed by atoms with Crippen LogP contribution < -0.4 is 10.2 Å². The van der Waals surface area contributed by atoms with Crippen LogP contribution in [0.25, 0.3) is 5.69 Å². The van der Waals surface area contributed by atoms with Crippen molar-refractivity contribution in [2.45, 2.75) is 32.4 Å². The van der Waals surface area contributed by atoms with Crippen molar-refractivity contribution in [2.24, 2.45) is 0 Å². The van der Waals surface area contributed by atoms with E-state index in [0.29, 0.717) is 11.7 Å². The van der Waals surface area contributed by atoms with Crippen molar-refractivity contribution in [1.82, 2.24) is 19.8 Å². The Hall–Kier alpha value is -3.43. The molecule has 2 atom stereocenters. The molecule has 0 radical (unpaired) electrons. The number of ether oxygens (including phenoxy) is 2. The van der Waals surface area contributed by atoms with Gasteiger partial charge in [-0.1, -0.05) is 6.07 Å². The number of anilines is 1. The summed E-state index contributed by atoms with van der Waals surface area (Å²) in [5, 5.41) is 4.08. The molecular weight excluding hydrogens is 486 g/mol. The maximum atomic E-state index is 12.0. The van der Waals surface area contributed by atoms with Crippen LogP contribution in [0.3, 0.4) is 0 Å². The molecule has 2 fully saturated rings. The third kappa shape index (κ3) is 5.06. The normalized spacial score (nSPS) is 19.7. The summed E-state index contributed by atoms with van der Waals surface area (Å²) in [7, 11) is 1.41. The number of nitrogens with zero attached hydrogens (tertiary/aromatic N) is 4. The zero-order valence-electron chi connectivity index (χ0n) is 21.5. The molecule has 8 nitrogen and oxygen atoms in total. The van der Waals surface area contributed by atoms with Crippen LogP contribution in [-0.4, -0.2) is 65.5 Å². The summed E-state index contributed by atoms with van der Waals surface area (Å²) < 4.78 is 12.7. The molecule has 1 N–H and O–H groups in total. The maximum absolute atomic E-state index is 12.0. The summed E-state index contributed by atoms with van der Waals surface area (Å²) in [5.41, 5.74) is 6.67. The zero-order chi connectivity index (χ0) is 25.9. The Morgan fingerprint density at radius 3 is 2.54 bits per heavy atom. The molecule has 5 rings (SSSR count). The Balaban J connectivity index is 1.50. The average molecular weight is 520 g/mol. The smallest absolute Gasteiger partial charge is 0.307 e. The van der Waals surface area contributed by atoms with Crippen LogP contribution in [0, 0.1) is 13.8 Å². The summed E-state index contributed by atoms with van der Waals surface area (Å²) in [6, 6.07) is 16.6. The van der Waals surface area contributed by atoms with Gasteiger partial charge < -0.3 is 29.2 Å². The van der Waals surface area contributed by atoms with Crippen molar-refractivity contribution >= 4 is 29.0 Å². The number of esters is 1. The van der Waals surface area contributed by atoms with Gasteiger partial charge in [-0.25, -0.2) is 0 Å². The van der Waals surface area contributed by atoms with E-state index < -0.39 is 0 Å². The van der Waals surface area contributed by atoms with Crippen LogP contribution in [0.1, 0.15) is 41.1 Å². The highest BCUT2D eigenvalue weighted by Crippen LogP contribution is 2.41. The molecule has 37 heavy (non-hydrogen) atoms. The number of aromatic nitrogens is 2. The lowest BCUT2D eigenvalue weighted by atomic mass is 9.96. The molecule has 0 aliphatic carbocycles. The van der Waals surface area contributed by atoms with Gasteiger partial charge in [0.05, 0.1) is 44.5 Å². The predicted molar refractivity (Wildman–Crippen MR) is 147 cm³/mol.